The zero-order chi connectivity index (χ0) is 13.8. The summed E-state index contributed by atoms with van der Waals surface area (Å²) in [5.74, 6) is 0.230. The van der Waals surface area contributed by atoms with Crippen molar-refractivity contribution in [2.24, 2.45) is 0 Å². The SMILES string of the molecule is C[C@@H](O)c1cccc(OCc2cc(Cl)ccc2F)c1. The van der Waals surface area contributed by atoms with Gasteiger partial charge in [0, 0.05) is 10.6 Å². The molecule has 1 atom stereocenters. The molecule has 2 aromatic carbocycles. The van der Waals surface area contributed by atoms with Gasteiger partial charge in [-0.05, 0) is 42.8 Å². The number of aliphatic hydroxyl groups is 1. The van der Waals surface area contributed by atoms with Gasteiger partial charge in [0.2, 0.25) is 0 Å². The number of aliphatic hydroxyl groups excluding tert-OH is 1. The molecule has 0 amide bonds. The van der Waals surface area contributed by atoms with Crippen molar-refractivity contribution >= 4 is 11.6 Å². The Kier molecular flexibility index (Phi) is 4.40. The van der Waals surface area contributed by atoms with Gasteiger partial charge >= 0.3 is 0 Å². The number of hydrogen-bond acceptors (Lipinski definition) is 2. The number of hydrogen-bond donors (Lipinski definition) is 1. The Hall–Kier alpha value is -1.58. The minimum absolute atomic E-state index is 0.0929. The Labute approximate surface area is 116 Å². The topological polar surface area (TPSA) is 29.5 Å². The van der Waals surface area contributed by atoms with Gasteiger partial charge in [-0.1, -0.05) is 23.7 Å². The highest BCUT2D eigenvalue weighted by atomic mass is 35.5. The van der Waals surface area contributed by atoms with E-state index in [2.05, 4.69) is 0 Å². The molecule has 2 nitrogen and oxygen atoms in total. The normalized spacial score (nSPS) is 12.2. The van der Waals surface area contributed by atoms with E-state index in [0.29, 0.717) is 16.3 Å². The molecule has 0 saturated carbocycles. The molecule has 0 aliphatic heterocycles. The summed E-state index contributed by atoms with van der Waals surface area (Å²) in [6, 6.07) is 11.4. The Morgan fingerprint density at radius 2 is 2.05 bits per heavy atom. The van der Waals surface area contributed by atoms with Crippen LogP contribution < -0.4 is 4.74 Å². The maximum Gasteiger partial charge on any atom is 0.129 e. The van der Waals surface area contributed by atoms with Gasteiger partial charge < -0.3 is 9.84 Å². The number of benzene rings is 2. The van der Waals surface area contributed by atoms with Crippen molar-refractivity contribution in [2.45, 2.75) is 19.6 Å². The van der Waals surface area contributed by atoms with Crippen molar-refractivity contribution < 1.29 is 14.2 Å². The number of rotatable bonds is 4. The Bertz CT molecular complexity index is 570. The first kappa shape index (κ1) is 13.8. The summed E-state index contributed by atoms with van der Waals surface area (Å²) in [6.45, 7) is 1.77. The summed E-state index contributed by atoms with van der Waals surface area (Å²) in [4.78, 5) is 0. The zero-order valence-corrected chi connectivity index (χ0v) is 11.2. The molecule has 0 aromatic heterocycles. The molecule has 0 heterocycles. The molecule has 0 unspecified atom stereocenters. The van der Waals surface area contributed by atoms with Crippen molar-refractivity contribution in [1.82, 2.24) is 0 Å². The first-order valence-corrected chi connectivity index (χ1v) is 6.29. The molecule has 4 heteroatoms. The fourth-order valence-electron chi connectivity index (χ4n) is 1.68. The van der Waals surface area contributed by atoms with E-state index in [0.717, 1.165) is 5.56 Å². The van der Waals surface area contributed by atoms with Crippen LogP contribution in [-0.4, -0.2) is 5.11 Å². The van der Waals surface area contributed by atoms with Crippen LogP contribution in [0.1, 0.15) is 24.2 Å². The lowest BCUT2D eigenvalue weighted by atomic mass is 10.1. The van der Waals surface area contributed by atoms with E-state index in [1.807, 2.05) is 0 Å². The Morgan fingerprint density at radius 3 is 2.79 bits per heavy atom. The smallest absolute Gasteiger partial charge is 0.129 e. The fourth-order valence-corrected chi connectivity index (χ4v) is 1.87. The van der Waals surface area contributed by atoms with E-state index >= 15 is 0 Å². The molecule has 0 bridgehead atoms. The van der Waals surface area contributed by atoms with Gasteiger partial charge in [-0.25, -0.2) is 4.39 Å². The summed E-state index contributed by atoms with van der Waals surface area (Å²) < 4.78 is 19.0. The molecule has 0 aliphatic carbocycles. The van der Waals surface area contributed by atoms with Crippen LogP contribution >= 0.6 is 11.6 Å². The van der Waals surface area contributed by atoms with Crippen molar-refractivity contribution in [3.8, 4) is 5.75 Å². The summed E-state index contributed by atoms with van der Waals surface area (Å²) in [7, 11) is 0. The molecule has 19 heavy (non-hydrogen) atoms. The monoisotopic (exact) mass is 280 g/mol. The highest BCUT2D eigenvalue weighted by Gasteiger charge is 2.06. The van der Waals surface area contributed by atoms with Crippen LogP contribution in [-0.2, 0) is 6.61 Å². The predicted molar refractivity (Wildman–Crippen MR) is 72.8 cm³/mol. The van der Waals surface area contributed by atoms with Crippen LogP contribution in [0.2, 0.25) is 5.02 Å². The van der Waals surface area contributed by atoms with Crippen molar-refractivity contribution in [1.29, 1.82) is 0 Å². The third-order valence-corrected chi connectivity index (χ3v) is 2.98. The quantitative estimate of drug-likeness (QED) is 0.913. The van der Waals surface area contributed by atoms with Gasteiger partial charge in [0.1, 0.15) is 18.2 Å². The second-order valence-corrected chi connectivity index (χ2v) is 4.71. The zero-order valence-electron chi connectivity index (χ0n) is 10.4. The van der Waals surface area contributed by atoms with Crippen LogP contribution in [0.15, 0.2) is 42.5 Å². The largest absolute Gasteiger partial charge is 0.489 e. The van der Waals surface area contributed by atoms with Gasteiger partial charge in [0.05, 0.1) is 6.10 Å². The maximum absolute atomic E-state index is 13.5. The molecule has 100 valence electrons. The molecular formula is C15H14ClFO2. The summed E-state index contributed by atoms with van der Waals surface area (Å²) in [6.07, 6.45) is -0.563. The van der Waals surface area contributed by atoms with Crippen LogP contribution in [0.5, 0.6) is 5.75 Å². The Morgan fingerprint density at radius 1 is 1.26 bits per heavy atom. The minimum Gasteiger partial charge on any atom is -0.489 e. The highest BCUT2D eigenvalue weighted by molar-refractivity contribution is 6.30. The third-order valence-electron chi connectivity index (χ3n) is 2.74. The van der Waals surface area contributed by atoms with E-state index in [-0.39, 0.29) is 12.4 Å². The van der Waals surface area contributed by atoms with Gasteiger partial charge in [-0.15, -0.1) is 0 Å². The summed E-state index contributed by atoms with van der Waals surface area (Å²) >= 11 is 5.81. The lowest BCUT2D eigenvalue weighted by Crippen LogP contribution is -1.99. The van der Waals surface area contributed by atoms with Gasteiger partial charge in [-0.2, -0.15) is 0 Å². The van der Waals surface area contributed by atoms with Gasteiger partial charge in [0.25, 0.3) is 0 Å². The van der Waals surface area contributed by atoms with E-state index in [4.69, 9.17) is 16.3 Å². The van der Waals surface area contributed by atoms with Crippen molar-refractivity contribution in [3.63, 3.8) is 0 Å². The number of ether oxygens (including phenoxy) is 1. The third kappa shape index (κ3) is 3.69. The van der Waals surface area contributed by atoms with Crippen molar-refractivity contribution in [3.05, 3.63) is 64.4 Å². The maximum atomic E-state index is 13.5. The molecule has 0 radical (unpaired) electrons. The van der Waals surface area contributed by atoms with Crippen molar-refractivity contribution in [2.75, 3.05) is 0 Å². The standard InChI is InChI=1S/C15H14ClFO2/c1-10(18)11-3-2-4-14(8-11)19-9-12-7-13(16)5-6-15(12)17/h2-8,10,18H,9H2,1H3/t10-/m1/s1. The molecule has 2 rings (SSSR count). The molecule has 0 fully saturated rings. The first-order valence-electron chi connectivity index (χ1n) is 5.91. The van der Waals surface area contributed by atoms with Crippen LogP contribution in [0, 0.1) is 5.82 Å². The highest BCUT2D eigenvalue weighted by Crippen LogP contribution is 2.21. The van der Waals surface area contributed by atoms with Gasteiger partial charge in [0.15, 0.2) is 0 Å². The average Bonchev–Trinajstić information content (AvgIpc) is 2.40. The molecule has 2 aromatic rings. The molecule has 0 spiro atoms. The molecule has 0 aliphatic rings. The van der Waals surface area contributed by atoms with E-state index in [1.165, 1.54) is 18.2 Å². The lowest BCUT2D eigenvalue weighted by molar-refractivity contribution is 0.198. The molecular weight excluding hydrogens is 267 g/mol. The second kappa shape index (κ2) is 6.04. The Balaban J connectivity index is 2.10. The summed E-state index contributed by atoms with van der Waals surface area (Å²) in [5.41, 5.74) is 1.15. The number of halogens is 2. The molecule has 1 N–H and O–H groups in total. The van der Waals surface area contributed by atoms with Crippen LogP contribution in [0.3, 0.4) is 0 Å². The second-order valence-electron chi connectivity index (χ2n) is 4.27. The fraction of sp³-hybridized carbons (Fsp3) is 0.200. The average molecular weight is 281 g/mol. The predicted octanol–water partition coefficient (Wildman–Crippen LogP) is 4.11. The first-order chi connectivity index (χ1) is 9.06. The minimum atomic E-state index is -0.563. The summed E-state index contributed by atoms with van der Waals surface area (Å²) in [5, 5.41) is 9.95. The van der Waals surface area contributed by atoms with E-state index in [9.17, 15) is 9.50 Å². The van der Waals surface area contributed by atoms with Crippen LogP contribution in [0.25, 0.3) is 0 Å². The van der Waals surface area contributed by atoms with E-state index in [1.54, 1.807) is 31.2 Å². The van der Waals surface area contributed by atoms with Gasteiger partial charge in [-0.3, -0.25) is 0 Å². The van der Waals surface area contributed by atoms with E-state index < -0.39 is 6.10 Å². The van der Waals surface area contributed by atoms with Crippen LogP contribution in [0.4, 0.5) is 4.39 Å². The molecule has 0 saturated heterocycles. The lowest BCUT2D eigenvalue weighted by Gasteiger charge is -2.10.